The Hall–Kier alpha value is -1.31. The molecule has 0 aromatic rings. The van der Waals surface area contributed by atoms with Crippen LogP contribution in [0, 0.1) is 11.8 Å². The van der Waals surface area contributed by atoms with Gasteiger partial charge >= 0.3 is 5.97 Å². The summed E-state index contributed by atoms with van der Waals surface area (Å²) in [5, 5.41) is 0. The van der Waals surface area contributed by atoms with E-state index in [-0.39, 0.29) is 5.97 Å². The Morgan fingerprint density at radius 2 is 1.96 bits per heavy atom. The van der Waals surface area contributed by atoms with E-state index in [1.165, 1.54) is 18.4 Å². The fraction of sp³-hybridized carbons (Fsp3) is 0.667. The summed E-state index contributed by atoms with van der Waals surface area (Å²) in [6, 6.07) is 0. The number of carbonyl (C=O) groups is 1. The Morgan fingerprint density at radius 1 is 1.22 bits per heavy atom. The first kappa shape index (κ1) is 19.7. The lowest BCUT2D eigenvalue weighted by atomic mass is 9.88. The number of hydrogen-bond acceptors (Lipinski definition) is 2. The summed E-state index contributed by atoms with van der Waals surface area (Å²) < 4.78 is 5.31. The summed E-state index contributed by atoms with van der Waals surface area (Å²) in [5.74, 6) is 1.11. The molecule has 0 spiro atoms. The van der Waals surface area contributed by atoms with E-state index < -0.39 is 0 Å². The maximum atomic E-state index is 11.6. The van der Waals surface area contributed by atoms with Crippen LogP contribution in [0.3, 0.4) is 0 Å². The normalized spacial score (nSPS) is 16.9. The second-order valence-corrected chi connectivity index (χ2v) is 7.38. The van der Waals surface area contributed by atoms with Crippen molar-refractivity contribution in [3.8, 4) is 0 Å². The molecular formula is C21H34O2. The monoisotopic (exact) mass is 318 g/mol. The van der Waals surface area contributed by atoms with E-state index in [1.54, 1.807) is 5.57 Å². The summed E-state index contributed by atoms with van der Waals surface area (Å²) in [5.41, 5.74) is 4.21. The predicted molar refractivity (Wildman–Crippen MR) is 98.3 cm³/mol. The van der Waals surface area contributed by atoms with Gasteiger partial charge in [-0.2, -0.15) is 0 Å². The third kappa shape index (κ3) is 8.78. The highest BCUT2D eigenvalue weighted by atomic mass is 16.5. The minimum Gasteiger partial charge on any atom is -0.461 e. The van der Waals surface area contributed by atoms with Crippen LogP contribution in [0.25, 0.3) is 0 Å². The van der Waals surface area contributed by atoms with Gasteiger partial charge in [0.1, 0.15) is 6.61 Å². The average Bonchev–Trinajstić information content (AvgIpc) is 2.51. The topological polar surface area (TPSA) is 26.3 Å². The number of rotatable bonds is 9. The van der Waals surface area contributed by atoms with Crippen molar-refractivity contribution in [1.29, 1.82) is 0 Å². The molecule has 0 bridgehead atoms. The SMILES string of the molecule is CC1=CC=C(C(C)CCC=C(C)COC(=O)CCC(C)C)CC1. The van der Waals surface area contributed by atoms with Crippen molar-refractivity contribution < 1.29 is 9.53 Å². The van der Waals surface area contributed by atoms with E-state index >= 15 is 0 Å². The quantitative estimate of drug-likeness (QED) is 0.385. The van der Waals surface area contributed by atoms with Crippen molar-refractivity contribution in [2.75, 3.05) is 6.61 Å². The highest BCUT2D eigenvalue weighted by molar-refractivity contribution is 5.69. The van der Waals surface area contributed by atoms with Gasteiger partial charge in [-0.05, 0) is 63.4 Å². The van der Waals surface area contributed by atoms with E-state index in [0.717, 1.165) is 24.8 Å². The first-order valence-electron chi connectivity index (χ1n) is 9.06. The summed E-state index contributed by atoms with van der Waals surface area (Å²) >= 11 is 0. The molecule has 0 aliphatic heterocycles. The Kier molecular flexibility index (Phi) is 8.98. The van der Waals surface area contributed by atoms with Crippen LogP contribution in [0.1, 0.15) is 73.1 Å². The van der Waals surface area contributed by atoms with Crippen LogP contribution >= 0.6 is 0 Å². The molecule has 1 aliphatic rings. The van der Waals surface area contributed by atoms with Gasteiger partial charge in [-0.15, -0.1) is 0 Å². The van der Waals surface area contributed by atoms with Gasteiger partial charge in [0.15, 0.2) is 0 Å². The molecule has 0 N–H and O–H groups in total. The molecule has 0 aromatic heterocycles. The van der Waals surface area contributed by atoms with Crippen molar-refractivity contribution >= 4 is 5.97 Å². The molecule has 130 valence electrons. The van der Waals surface area contributed by atoms with Gasteiger partial charge in [0, 0.05) is 6.42 Å². The molecule has 0 saturated heterocycles. The molecule has 1 atom stereocenters. The fourth-order valence-electron chi connectivity index (χ4n) is 2.67. The zero-order chi connectivity index (χ0) is 17.2. The second kappa shape index (κ2) is 10.5. The zero-order valence-corrected chi connectivity index (χ0v) is 15.7. The van der Waals surface area contributed by atoms with Crippen molar-refractivity contribution in [2.45, 2.75) is 73.1 Å². The lowest BCUT2D eigenvalue weighted by Gasteiger charge is -2.18. The number of esters is 1. The third-order valence-electron chi connectivity index (χ3n) is 4.50. The van der Waals surface area contributed by atoms with E-state index in [0.29, 0.717) is 24.9 Å². The second-order valence-electron chi connectivity index (χ2n) is 7.38. The Balaban J connectivity index is 2.24. The summed E-state index contributed by atoms with van der Waals surface area (Å²) in [6.45, 7) is 11.3. The fourth-order valence-corrected chi connectivity index (χ4v) is 2.67. The molecule has 1 rings (SSSR count). The maximum Gasteiger partial charge on any atom is 0.306 e. The Morgan fingerprint density at radius 3 is 2.57 bits per heavy atom. The van der Waals surface area contributed by atoms with Gasteiger partial charge in [-0.1, -0.05) is 50.1 Å². The Bertz CT molecular complexity index is 466. The van der Waals surface area contributed by atoms with Crippen molar-refractivity contribution in [1.82, 2.24) is 0 Å². The van der Waals surface area contributed by atoms with E-state index in [2.05, 4.69) is 45.9 Å². The van der Waals surface area contributed by atoms with E-state index in [4.69, 9.17) is 4.74 Å². The third-order valence-corrected chi connectivity index (χ3v) is 4.50. The molecule has 23 heavy (non-hydrogen) atoms. The summed E-state index contributed by atoms with van der Waals surface area (Å²) in [6.07, 6.45) is 12.8. The van der Waals surface area contributed by atoms with Crippen molar-refractivity contribution in [3.05, 3.63) is 34.9 Å². The van der Waals surface area contributed by atoms with Crippen LogP contribution in [-0.2, 0) is 9.53 Å². The van der Waals surface area contributed by atoms with E-state index in [1.807, 2.05) is 6.92 Å². The standard InChI is InChI=1S/C21H34O2/c1-16(2)9-14-21(22)23-15-18(4)7-6-8-19(5)20-12-10-17(3)11-13-20/h7,10,12,16,19H,6,8-9,11,13-15H2,1-5H3. The molecule has 0 amide bonds. The largest absolute Gasteiger partial charge is 0.461 e. The average molecular weight is 319 g/mol. The lowest BCUT2D eigenvalue weighted by Crippen LogP contribution is -2.08. The van der Waals surface area contributed by atoms with Crippen LogP contribution in [0.5, 0.6) is 0 Å². The molecule has 2 heteroatoms. The zero-order valence-electron chi connectivity index (χ0n) is 15.7. The number of carbonyl (C=O) groups excluding carboxylic acids is 1. The van der Waals surface area contributed by atoms with E-state index in [9.17, 15) is 4.79 Å². The molecule has 1 unspecified atom stereocenters. The summed E-state index contributed by atoms with van der Waals surface area (Å²) in [4.78, 5) is 11.6. The minimum atomic E-state index is -0.0747. The van der Waals surface area contributed by atoms with Gasteiger partial charge in [0.2, 0.25) is 0 Å². The van der Waals surface area contributed by atoms with Crippen LogP contribution in [0.15, 0.2) is 34.9 Å². The molecule has 2 nitrogen and oxygen atoms in total. The molecule has 0 radical (unpaired) electrons. The van der Waals surface area contributed by atoms with Gasteiger partial charge in [0.05, 0.1) is 0 Å². The van der Waals surface area contributed by atoms with Crippen molar-refractivity contribution in [2.24, 2.45) is 11.8 Å². The van der Waals surface area contributed by atoms with Crippen LogP contribution < -0.4 is 0 Å². The van der Waals surface area contributed by atoms with Crippen LogP contribution in [0.2, 0.25) is 0 Å². The highest BCUT2D eigenvalue weighted by Crippen LogP contribution is 2.27. The van der Waals surface area contributed by atoms with Gasteiger partial charge < -0.3 is 4.74 Å². The van der Waals surface area contributed by atoms with Gasteiger partial charge in [-0.25, -0.2) is 0 Å². The smallest absolute Gasteiger partial charge is 0.306 e. The molecule has 0 heterocycles. The number of ether oxygens (including phenoxy) is 1. The highest BCUT2D eigenvalue weighted by Gasteiger charge is 2.10. The van der Waals surface area contributed by atoms with Crippen molar-refractivity contribution in [3.63, 3.8) is 0 Å². The maximum absolute atomic E-state index is 11.6. The minimum absolute atomic E-state index is 0.0747. The summed E-state index contributed by atoms with van der Waals surface area (Å²) in [7, 11) is 0. The molecule has 0 fully saturated rings. The first-order valence-corrected chi connectivity index (χ1v) is 9.06. The molecular weight excluding hydrogens is 284 g/mol. The molecule has 0 aromatic carbocycles. The Labute approximate surface area is 142 Å². The first-order chi connectivity index (χ1) is 10.9. The van der Waals surface area contributed by atoms with Crippen LogP contribution in [-0.4, -0.2) is 12.6 Å². The molecule has 0 saturated carbocycles. The van der Waals surface area contributed by atoms with Gasteiger partial charge in [0.25, 0.3) is 0 Å². The molecule has 1 aliphatic carbocycles. The number of hydrogen-bond donors (Lipinski definition) is 0. The number of allylic oxidation sites excluding steroid dienone is 5. The van der Waals surface area contributed by atoms with Gasteiger partial charge in [-0.3, -0.25) is 4.79 Å². The van der Waals surface area contributed by atoms with Crippen LogP contribution in [0.4, 0.5) is 0 Å². The predicted octanol–water partition coefficient (Wildman–Crippen LogP) is 5.99. The lowest BCUT2D eigenvalue weighted by molar-refractivity contribution is -0.142.